The second-order valence-corrected chi connectivity index (χ2v) is 10.9. The number of rotatable bonds is 8. The van der Waals surface area contributed by atoms with Crippen LogP contribution in [-0.4, -0.2) is 49.3 Å². The minimum Gasteiger partial charge on any atom is -0.383 e. The second kappa shape index (κ2) is 9.41. The van der Waals surface area contributed by atoms with Gasteiger partial charge in [0.25, 0.3) is 5.91 Å². The maximum atomic E-state index is 13.2. The van der Waals surface area contributed by atoms with Crippen molar-refractivity contribution >= 4 is 21.7 Å². The third-order valence-electron chi connectivity index (χ3n) is 6.59. The summed E-state index contributed by atoms with van der Waals surface area (Å²) in [5.74, 6) is 0.337. The predicted octanol–water partition coefficient (Wildman–Crippen LogP) is 2.79. The van der Waals surface area contributed by atoms with Crippen molar-refractivity contribution in [2.24, 2.45) is 5.73 Å². The smallest absolute Gasteiger partial charge is 0.251 e. The second-order valence-electron chi connectivity index (χ2n) is 9.05. The Morgan fingerprint density at radius 1 is 1.00 bits per heavy atom. The highest BCUT2D eigenvalue weighted by molar-refractivity contribution is 7.89. The number of benzene rings is 2. The number of carbonyl (C=O) groups excluding carboxylic acids is 1. The number of pyridine rings is 1. The zero-order valence-corrected chi connectivity index (χ0v) is 20.2. The van der Waals surface area contributed by atoms with Crippen molar-refractivity contribution in [3.8, 4) is 22.3 Å². The Bertz CT molecular complexity index is 1370. The molecule has 1 amide bonds. The van der Waals surface area contributed by atoms with Gasteiger partial charge in [-0.25, -0.2) is 13.4 Å². The van der Waals surface area contributed by atoms with Gasteiger partial charge in [-0.05, 0) is 73.2 Å². The summed E-state index contributed by atoms with van der Waals surface area (Å²) in [6.45, 7) is 1.52. The van der Waals surface area contributed by atoms with E-state index in [0.29, 0.717) is 37.4 Å². The number of carbonyl (C=O) groups is 1. The number of nitrogens with zero attached hydrogens (tertiary/aromatic N) is 2. The molecule has 5 rings (SSSR count). The highest BCUT2D eigenvalue weighted by atomic mass is 32.2. The van der Waals surface area contributed by atoms with E-state index >= 15 is 0 Å². The van der Waals surface area contributed by atoms with Gasteiger partial charge in [0.2, 0.25) is 10.0 Å². The summed E-state index contributed by atoms with van der Waals surface area (Å²) in [6.07, 6.45) is 4.89. The van der Waals surface area contributed by atoms with Crippen molar-refractivity contribution in [3.05, 3.63) is 65.9 Å². The van der Waals surface area contributed by atoms with E-state index in [1.807, 2.05) is 24.3 Å². The third kappa shape index (κ3) is 4.67. The number of anilines is 1. The van der Waals surface area contributed by atoms with Crippen LogP contribution in [0.15, 0.2) is 59.6 Å². The Balaban J connectivity index is 1.44. The standard InChI is InChI=1S/C26H29N5O3S/c27-11-1-13-31(21-5-6-21)35(33,34)22-7-2-17(3-8-22)20-15-24(25(28)30-16-20)18-4-9-23-19(14-18)10-12-29-26(23)32/h2-4,7-9,14-16,21H,1,5-6,10-13,27H2,(H2,28,30)(H,29,32). The van der Waals surface area contributed by atoms with Crippen LogP contribution in [0.5, 0.6) is 0 Å². The van der Waals surface area contributed by atoms with Crippen LogP contribution in [0.2, 0.25) is 0 Å². The average Bonchev–Trinajstić information content (AvgIpc) is 3.70. The Kier molecular flexibility index (Phi) is 6.31. The number of nitrogens with one attached hydrogen (secondary N) is 1. The van der Waals surface area contributed by atoms with Gasteiger partial charge in [0, 0.05) is 42.0 Å². The van der Waals surface area contributed by atoms with Crippen LogP contribution >= 0.6 is 0 Å². The number of fused-ring (bicyclic) bond motifs is 1. The molecule has 0 unspecified atom stereocenters. The maximum Gasteiger partial charge on any atom is 0.251 e. The molecule has 1 fully saturated rings. The molecule has 2 aromatic carbocycles. The van der Waals surface area contributed by atoms with E-state index in [1.54, 1.807) is 34.8 Å². The zero-order valence-electron chi connectivity index (χ0n) is 19.4. The number of nitrogens with two attached hydrogens (primary N) is 2. The zero-order chi connectivity index (χ0) is 24.6. The van der Waals surface area contributed by atoms with Crippen LogP contribution in [0.4, 0.5) is 5.82 Å². The summed E-state index contributed by atoms with van der Waals surface area (Å²) in [5.41, 5.74) is 16.8. The van der Waals surface area contributed by atoms with Crippen molar-refractivity contribution in [2.75, 3.05) is 25.4 Å². The number of hydrogen-bond donors (Lipinski definition) is 3. The molecule has 1 aromatic heterocycles. The number of aromatic nitrogens is 1. The van der Waals surface area contributed by atoms with Crippen molar-refractivity contribution in [3.63, 3.8) is 0 Å². The molecular weight excluding hydrogens is 462 g/mol. The molecule has 182 valence electrons. The predicted molar refractivity (Wildman–Crippen MR) is 136 cm³/mol. The molecule has 1 saturated carbocycles. The van der Waals surface area contributed by atoms with E-state index < -0.39 is 10.0 Å². The Hall–Kier alpha value is -3.27. The van der Waals surface area contributed by atoms with Gasteiger partial charge in [-0.3, -0.25) is 4.79 Å². The minimum atomic E-state index is -3.57. The molecule has 35 heavy (non-hydrogen) atoms. The van der Waals surface area contributed by atoms with Crippen LogP contribution in [0.3, 0.4) is 0 Å². The van der Waals surface area contributed by atoms with E-state index in [9.17, 15) is 13.2 Å². The van der Waals surface area contributed by atoms with Gasteiger partial charge in [0.15, 0.2) is 0 Å². The molecule has 1 aliphatic heterocycles. The van der Waals surface area contributed by atoms with E-state index in [2.05, 4.69) is 10.3 Å². The van der Waals surface area contributed by atoms with E-state index in [-0.39, 0.29) is 16.8 Å². The van der Waals surface area contributed by atoms with Crippen LogP contribution in [0.25, 0.3) is 22.3 Å². The van der Waals surface area contributed by atoms with Gasteiger partial charge in [0.05, 0.1) is 4.90 Å². The first kappa shape index (κ1) is 23.5. The summed E-state index contributed by atoms with van der Waals surface area (Å²) in [5, 5.41) is 2.85. The summed E-state index contributed by atoms with van der Waals surface area (Å²) in [7, 11) is -3.57. The molecule has 0 saturated heterocycles. The summed E-state index contributed by atoms with van der Waals surface area (Å²) in [6, 6.07) is 14.6. The van der Waals surface area contributed by atoms with Crippen molar-refractivity contribution < 1.29 is 13.2 Å². The molecule has 0 atom stereocenters. The van der Waals surface area contributed by atoms with Gasteiger partial charge < -0.3 is 16.8 Å². The lowest BCUT2D eigenvalue weighted by molar-refractivity contribution is 0.0946. The van der Waals surface area contributed by atoms with E-state index in [0.717, 1.165) is 47.1 Å². The first-order valence-electron chi connectivity index (χ1n) is 11.9. The largest absolute Gasteiger partial charge is 0.383 e. The quantitative estimate of drug-likeness (QED) is 0.444. The van der Waals surface area contributed by atoms with E-state index in [1.165, 1.54) is 0 Å². The molecule has 9 heteroatoms. The fourth-order valence-electron chi connectivity index (χ4n) is 4.52. The van der Waals surface area contributed by atoms with Gasteiger partial charge in [-0.2, -0.15) is 4.31 Å². The van der Waals surface area contributed by atoms with Gasteiger partial charge >= 0.3 is 0 Å². The number of amides is 1. The molecule has 1 aliphatic carbocycles. The molecule has 0 spiro atoms. The Morgan fingerprint density at radius 2 is 1.74 bits per heavy atom. The first-order valence-corrected chi connectivity index (χ1v) is 13.3. The summed E-state index contributed by atoms with van der Waals surface area (Å²) in [4.78, 5) is 16.7. The van der Waals surface area contributed by atoms with Crippen LogP contribution in [-0.2, 0) is 16.4 Å². The fourth-order valence-corrected chi connectivity index (χ4v) is 6.25. The van der Waals surface area contributed by atoms with Gasteiger partial charge in [-0.1, -0.05) is 24.3 Å². The van der Waals surface area contributed by atoms with Crippen LogP contribution in [0, 0.1) is 0 Å². The Morgan fingerprint density at radius 3 is 2.46 bits per heavy atom. The molecule has 0 radical (unpaired) electrons. The fraction of sp³-hybridized carbons (Fsp3) is 0.308. The number of nitrogen functional groups attached to an aromatic ring is 1. The normalized spacial score (nSPS) is 15.7. The Labute approximate surface area is 205 Å². The molecule has 2 heterocycles. The van der Waals surface area contributed by atoms with Crippen molar-refractivity contribution in [1.82, 2.24) is 14.6 Å². The molecule has 5 N–H and O–H groups in total. The lowest BCUT2D eigenvalue weighted by Gasteiger charge is -2.21. The maximum absolute atomic E-state index is 13.2. The topological polar surface area (TPSA) is 131 Å². The summed E-state index contributed by atoms with van der Waals surface area (Å²) >= 11 is 0. The SMILES string of the molecule is NCCCN(C1CC1)S(=O)(=O)c1ccc(-c2cnc(N)c(-c3ccc4c(c3)CCNC4=O)c2)cc1. The highest BCUT2D eigenvalue weighted by Crippen LogP contribution is 2.34. The molecule has 0 bridgehead atoms. The molecule has 8 nitrogen and oxygen atoms in total. The molecule has 2 aliphatic rings. The van der Waals surface area contributed by atoms with Crippen molar-refractivity contribution in [2.45, 2.75) is 36.6 Å². The van der Waals surface area contributed by atoms with Gasteiger partial charge in [-0.15, -0.1) is 0 Å². The van der Waals surface area contributed by atoms with Gasteiger partial charge in [0.1, 0.15) is 5.82 Å². The lowest BCUT2D eigenvalue weighted by atomic mass is 9.94. The molecular formula is C26H29N5O3S. The summed E-state index contributed by atoms with van der Waals surface area (Å²) < 4.78 is 28.0. The average molecular weight is 492 g/mol. The monoisotopic (exact) mass is 491 g/mol. The number of hydrogen-bond acceptors (Lipinski definition) is 6. The minimum absolute atomic E-state index is 0.0593. The third-order valence-corrected chi connectivity index (χ3v) is 8.56. The molecule has 3 aromatic rings. The van der Waals surface area contributed by atoms with Crippen LogP contribution in [0.1, 0.15) is 35.2 Å². The van der Waals surface area contributed by atoms with Crippen molar-refractivity contribution in [1.29, 1.82) is 0 Å². The lowest BCUT2D eigenvalue weighted by Crippen LogP contribution is -2.34. The number of sulfonamides is 1. The first-order chi connectivity index (χ1) is 16.9. The van der Waals surface area contributed by atoms with E-state index in [4.69, 9.17) is 11.5 Å². The highest BCUT2D eigenvalue weighted by Gasteiger charge is 2.37. The van der Waals surface area contributed by atoms with Crippen LogP contribution < -0.4 is 16.8 Å².